The Hall–Kier alpha value is -1.35. The van der Waals surface area contributed by atoms with Crippen molar-refractivity contribution >= 4 is 5.91 Å². The van der Waals surface area contributed by atoms with E-state index >= 15 is 0 Å². The number of primary amides is 1. The van der Waals surface area contributed by atoms with Crippen molar-refractivity contribution in [3.8, 4) is 0 Å². The first-order chi connectivity index (χ1) is 6.76. The van der Waals surface area contributed by atoms with Gasteiger partial charge in [-0.15, -0.1) is 0 Å². The monoisotopic (exact) mass is 191 g/mol. The molecule has 1 aliphatic heterocycles. The summed E-state index contributed by atoms with van der Waals surface area (Å²) in [5.74, 6) is -0.291. The quantitative estimate of drug-likeness (QED) is 0.752. The molecule has 1 atom stereocenters. The Labute approximate surface area is 82.9 Å². The van der Waals surface area contributed by atoms with Crippen molar-refractivity contribution in [1.82, 2.24) is 0 Å². The molecule has 0 aliphatic carbocycles. The fourth-order valence-electron chi connectivity index (χ4n) is 1.89. The van der Waals surface area contributed by atoms with Crippen molar-refractivity contribution in [3.05, 3.63) is 35.9 Å². The predicted octanol–water partition coefficient (Wildman–Crippen LogP) is 0.830. The van der Waals surface area contributed by atoms with Gasteiger partial charge in [-0.2, -0.15) is 0 Å². The molecule has 2 N–H and O–H groups in total. The molecule has 74 valence electrons. The van der Waals surface area contributed by atoms with E-state index < -0.39 is 5.41 Å². The summed E-state index contributed by atoms with van der Waals surface area (Å²) >= 11 is 0. The maximum atomic E-state index is 11.5. The van der Waals surface area contributed by atoms with Gasteiger partial charge in [-0.1, -0.05) is 30.3 Å². The van der Waals surface area contributed by atoms with E-state index in [4.69, 9.17) is 10.5 Å². The summed E-state index contributed by atoms with van der Waals surface area (Å²) in [6, 6.07) is 9.61. The summed E-state index contributed by atoms with van der Waals surface area (Å²) in [5, 5.41) is 0. The Bertz CT molecular complexity index is 328. The van der Waals surface area contributed by atoms with Crippen LogP contribution in [0.1, 0.15) is 12.0 Å². The van der Waals surface area contributed by atoms with Gasteiger partial charge in [0, 0.05) is 6.61 Å². The highest BCUT2D eigenvalue weighted by Gasteiger charge is 2.42. The third-order valence-electron chi connectivity index (χ3n) is 2.82. The van der Waals surface area contributed by atoms with Crippen molar-refractivity contribution in [1.29, 1.82) is 0 Å². The first-order valence-electron chi connectivity index (χ1n) is 4.69. The summed E-state index contributed by atoms with van der Waals surface area (Å²) in [6.45, 7) is 1.02. The standard InChI is InChI=1S/C11H13NO2/c12-10(13)11(6-7-14-8-11)9-4-2-1-3-5-9/h1-5H,6-8H2,(H2,12,13). The minimum Gasteiger partial charge on any atom is -0.380 e. The molecule has 0 spiro atoms. The average molecular weight is 191 g/mol. The first-order valence-corrected chi connectivity index (χ1v) is 4.69. The van der Waals surface area contributed by atoms with Crippen LogP contribution in [0.4, 0.5) is 0 Å². The van der Waals surface area contributed by atoms with Crippen LogP contribution in [0.15, 0.2) is 30.3 Å². The molecule has 1 aliphatic rings. The number of benzene rings is 1. The number of carbonyl (C=O) groups is 1. The number of amides is 1. The highest BCUT2D eigenvalue weighted by molar-refractivity contribution is 5.87. The van der Waals surface area contributed by atoms with Gasteiger partial charge in [-0.25, -0.2) is 0 Å². The third kappa shape index (κ3) is 1.30. The van der Waals surface area contributed by atoms with Gasteiger partial charge in [0.05, 0.1) is 12.0 Å². The Morgan fingerprint density at radius 1 is 1.36 bits per heavy atom. The number of rotatable bonds is 2. The van der Waals surface area contributed by atoms with Crippen LogP contribution in [0.3, 0.4) is 0 Å². The molecule has 1 aromatic rings. The Morgan fingerprint density at radius 2 is 2.07 bits per heavy atom. The highest BCUT2D eigenvalue weighted by Crippen LogP contribution is 2.32. The lowest BCUT2D eigenvalue weighted by atomic mass is 9.79. The molecule has 1 fully saturated rings. The van der Waals surface area contributed by atoms with Crippen LogP contribution in [-0.2, 0) is 14.9 Å². The lowest BCUT2D eigenvalue weighted by Crippen LogP contribution is -2.41. The zero-order chi connectivity index (χ0) is 10.0. The van der Waals surface area contributed by atoms with E-state index in [1.54, 1.807) is 0 Å². The van der Waals surface area contributed by atoms with Gasteiger partial charge in [0.1, 0.15) is 0 Å². The molecule has 2 rings (SSSR count). The minimum atomic E-state index is -0.596. The summed E-state index contributed by atoms with van der Waals surface area (Å²) in [4.78, 5) is 11.5. The van der Waals surface area contributed by atoms with E-state index in [-0.39, 0.29) is 5.91 Å². The van der Waals surface area contributed by atoms with Gasteiger partial charge in [-0.05, 0) is 12.0 Å². The van der Waals surface area contributed by atoms with Crippen LogP contribution in [0.2, 0.25) is 0 Å². The van der Waals surface area contributed by atoms with Crippen LogP contribution >= 0.6 is 0 Å². The largest absolute Gasteiger partial charge is 0.380 e. The summed E-state index contributed by atoms with van der Waals surface area (Å²) < 4.78 is 5.28. The van der Waals surface area contributed by atoms with Crippen LogP contribution in [0, 0.1) is 0 Å². The van der Waals surface area contributed by atoms with Crippen molar-refractivity contribution in [2.45, 2.75) is 11.8 Å². The van der Waals surface area contributed by atoms with Crippen LogP contribution in [0.25, 0.3) is 0 Å². The number of nitrogens with two attached hydrogens (primary N) is 1. The second-order valence-electron chi connectivity index (χ2n) is 3.61. The van der Waals surface area contributed by atoms with Gasteiger partial charge >= 0.3 is 0 Å². The van der Waals surface area contributed by atoms with E-state index in [0.717, 1.165) is 5.56 Å². The van der Waals surface area contributed by atoms with E-state index in [1.165, 1.54) is 0 Å². The zero-order valence-corrected chi connectivity index (χ0v) is 7.90. The number of carbonyl (C=O) groups excluding carboxylic acids is 1. The lowest BCUT2D eigenvalue weighted by molar-refractivity contribution is -0.123. The molecule has 0 radical (unpaired) electrons. The van der Waals surface area contributed by atoms with Crippen molar-refractivity contribution in [2.75, 3.05) is 13.2 Å². The van der Waals surface area contributed by atoms with Crippen molar-refractivity contribution in [3.63, 3.8) is 0 Å². The Balaban J connectivity index is 2.42. The molecule has 1 saturated heterocycles. The van der Waals surface area contributed by atoms with E-state index in [2.05, 4.69) is 0 Å². The Kier molecular flexibility index (Phi) is 2.25. The number of ether oxygens (including phenoxy) is 1. The van der Waals surface area contributed by atoms with Crippen molar-refractivity contribution < 1.29 is 9.53 Å². The van der Waals surface area contributed by atoms with E-state index in [1.807, 2.05) is 30.3 Å². The SMILES string of the molecule is NC(=O)C1(c2ccccc2)CCOC1. The molecule has 1 heterocycles. The van der Waals surface area contributed by atoms with Gasteiger partial charge in [-0.3, -0.25) is 4.79 Å². The van der Waals surface area contributed by atoms with Gasteiger partial charge < -0.3 is 10.5 Å². The van der Waals surface area contributed by atoms with Gasteiger partial charge in [0.15, 0.2) is 0 Å². The Morgan fingerprint density at radius 3 is 2.57 bits per heavy atom. The molecule has 1 unspecified atom stereocenters. The molecular formula is C11H13NO2. The minimum absolute atomic E-state index is 0.291. The maximum absolute atomic E-state index is 11.5. The molecule has 0 aromatic heterocycles. The third-order valence-corrected chi connectivity index (χ3v) is 2.82. The lowest BCUT2D eigenvalue weighted by Gasteiger charge is -2.23. The summed E-state index contributed by atoms with van der Waals surface area (Å²) in [7, 11) is 0. The normalized spacial score (nSPS) is 26.3. The second-order valence-corrected chi connectivity index (χ2v) is 3.61. The smallest absolute Gasteiger partial charge is 0.230 e. The van der Waals surface area contributed by atoms with Crippen LogP contribution < -0.4 is 5.73 Å². The highest BCUT2D eigenvalue weighted by atomic mass is 16.5. The number of hydrogen-bond acceptors (Lipinski definition) is 2. The summed E-state index contributed by atoms with van der Waals surface area (Å²) in [6.07, 6.45) is 0.687. The molecule has 3 heteroatoms. The first kappa shape index (κ1) is 9.21. The second kappa shape index (κ2) is 3.42. The predicted molar refractivity (Wildman–Crippen MR) is 52.8 cm³/mol. The van der Waals surface area contributed by atoms with Gasteiger partial charge in [0.25, 0.3) is 0 Å². The fourth-order valence-corrected chi connectivity index (χ4v) is 1.89. The van der Waals surface area contributed by atoms with Crippen LogP contribution in [-0.4, -0.2) is 19.1 Å². The molecular weight excluding hydrogens is 178 g/mol. The molecule has 1 aromatic carbocycles. The van der Waals surface area contributed by atoms with Crippen LogP contribution in [0.5, 0.6) is 0 Å². The van der Waals surface area contributed by atoms with Crippen molar-refractivity contribution in [2.24, 2.45) is 5.73 Å². The topological polar surface area (TPSA) is 52.3 Å². The average Bonchev–Trinajstić information content (AvgIpc) is 2.69. The molecule has 0 bridgehead atoms. The van der Waals surface area contributed by atoms with Gasteiger partial charge in [0.2, 0.25) is 5.91 Å². The summed E-state index contributed by atoms with van der Waals surface area (Å²) in [5.41, 5.74) is 5.81. The van der Waals surface area contributed by atoms with E-state index in [0.29, 0.717) is 19.6 Å². The molecule has 3 nitrogen and oxygen atoms in total. The molecule has 14 heavy (non-hydrogen) atoms. The van der Waals surface area contributed by atoms with E-state index in [9.17, 15) is 4.79 Å². The molecule has 0 saturated carbocycles. The molecule has 1 amide bonds. The zero-order valence-electron chi connectivity index (χ0n) is 7.90. The maximum Gasteiger partial charge on any atom is 0.230 e. The fraction of sp³-hybridized carbons (Fsp3) is 0.364. The number of hydrogen-bond donors (Lipinski definition) is 1.